The largest absolute Gasteiger partial charge is 0.289 e. The molecule has 1 unspecified atom stereocenters. The molecule has 0 aromatic heterocycles. The molecular weight excluding hydrogens is 166 g/mol. The maximum Gasteiger partial charge on any atom is 0.243 e. The van der Waals surface area contributed by atoms with Crippen LogP contribution in [0, 0.1) is 0 Å². The van der Waals surface area contributed by atoms with Gasteiger partial charge in [-0.25, -0.2) is 5.48 Å². The molecular formula is C10H13NO2. The number of hydroxylamine groups is 1. The van der Waals surface area contributed by atoms with E-state index in [1.165, 1.54) is 0 Å². The number of nitrogens with one attached hydrogen (secondary N) is 1. The van der Waals surface area contributed by atoms with Crippen LogP contribution in [0.15, 0.2) is 30.3 Å². The summed E-state index contributed by atoms with van der Waals surface area (Å²) in [5, 5.41) is 8.33. The van der Waals surface area contributed by atoms with Gasteiger partial charge in [0.2, 0.25) is 5.91 Å². The molecule has 1 amide bonds. The van der Waals surface area contributed by atoms with Crippen molar-refractivity contribution in [2.75, 3.05) is 0 Å². The Balaban J connectivity index is 2.59. The number of carbonyl (C=O) groups is 1. The Labute approximate surface area is 77.4 Å². The quantitative estimate of drug-likeness (QED) is 0.548. The molecule has 1 atom stereocenters. The summed E-state index contributed by atoms with van der Waals surface area (Å²) in [6.07, 6.45) is 0.306. The van der Waals surface area contributed by atoms with Gasteiger partial charge in [0.15, 0.2) is 0 Å². The second-order valence-corrected chi connectivity index (χ2v) is 3.05. The van der Waals surface area contributed by atoms with Gasteiger partial charge in [-0.3, -0.25) is 10.0 Å². The summed E-state index contributed by atoms with van der Waals surface area (Å²) in [5.74, 6) is -0.218. The van der Waals surface area contributed by atoms with Crippen LogP contribution in [-0.2, 0) is 4.79 Å². The van der Waals surface area contributed by atoms with Gasteiger partial charge in [-0.2, -0.15) is 0 Å². The fraction of sp³-hybridized carbons (Fsp3) is 0.300. The molecule has 0 aliphatic rings. The van der Waals surface area contributed by atoms with Crippen LogP contribution in [0.2, 0.25) is 0 Å². The van der Waals surface area contributed by atoms with E-state index in [9.17, 15) is 4.79 Å². The van der Waals surface area contributed by atoms with E-state index in [1.807, 2.05) is 37.3 Å². The lowest BCUT2D eigenvalue weighted by Gasteiger charge is -2.09. The molecule has 0 bridgehead atoms. The highest BCUT2D eigenvalue weighted by molar-refractivity contribution is 5.75. The van der Waals surface area contributed by atoms with Gasteiger partial charge in [-0.05, 0) is 11.5 Å². The first-order chi connectivity index (χ1) is 6.24. The maximum absolute atomic E-state index is 10.8. The van der Waals surface area contributed by atoms with Crippen LogP contribution in [-0.4, -0.2) is 11.1 Å². The summed E-state index contributed by atoms with van der Waals surface area (Å²) >= 11 is 0. The molecule has 1 rings (SSSR count). The standard InChI is InChI=1S/C10H13NO2/c1-8(7-10(12)11-13)9-5-3-2-4-6-9/h2-6,8,13H,7H2,1H3,(H,11,12). The highest BCUT2D eigenvalue weighted by Crippen LogP contribution is 2.17. The number of hydrogen-bond donors (Lipinski definition) is 2. The van der Waals surface area contributed by atoms with Crippen LogP contribution < -0.4 is 5.48 Å². The molecule has 0 heterocycles. The summed E-state index contributed by atoms with van der Waals surface area (Å²) in [6.45, 7) is 1.95. The van der Waals surface area contributed by atoms with E-state index in [-0.39, 0.29) is 11.8 Å². The van der Waals surface area contributed by atoms with Crippen molar-refractivity contribution >= 4 is 5.91 Å². The number of benzene rings is 1. The maximum atomic E-state index is 10.8. The minimum atomic E-state index is -0.351. The number of hydrogen-bond acceptors (Lipinski definition) is 2. The van der Waals surface area contributed by atoms with E-state index in [2.05, 4.69) is 0 Å². The summed E-state index contributed by atoms with van der Waals surface area (Å²) < 4.78 is 0. The monoisotopic (exact) mass is 179 g/mol. The predicted octanol–water partition coefficient (Wildman–Crippen LogP) is 1.69. The second-order valence-electron chi connectivity index (χ2n) is 3.05. The molecule has 0 saturated heterocycles. The van der Waals surface area contributed by atoms with E-state index in [0.29, 0.717) is 6.42 Å². The summed E-state index contributed by atoms with van der Waals surface area (Å²) in [6, 6.07) is 9.73. The van der Waals surface area contributed by atoms with Crippen molar-refractivity contribution < 1.29 is 10.0 Å². The van der Waals surface area contributed by atoms with Crippen LogP contribution in [0.3, 0.4) is 0 Å². The molecule has 2 N–H and O–H groups in total. The molecule has 0 spiro atoms. The predicted molar refractivity (Wildman–Crippen MR) is 49.4 cm³/mol. The van der Waals surface area contributed by atoms with Gasteiger partial charge < -0.3 is 0 Å². The topological polar surface area (TPSA) is 49.3 Å². The van der Waals surface area contributed by atoms with E-state index < -0.39 is 0 Å². The summed E-state index contributed by atoms with van der Waals surface area (Å²) in [5.41, 5.74) is 2.73. The highest BCUT2D eigenvalue weighted by Gasteiger charge is 2.09. The van der Waals surface area contributed by atoms with Gasteiger partial charge in [0, 0.05) is 6.42 Å². The van der Waals surface area contributed by atoms with Gasteiger partial charge in [-0.15, -0.1) is 0 Å². The Kier molecular flexibility index (Phi) is 3.46. The van der Waals surface area contributed by atoms with Gasteiger partial charge in [0.25, 0.3) is 0 Å². The molecule has 70 valence electrons. The zero-order chi connectivity index (χ0) is 9.68. The van der Waals surface area contributed by atoms with Crippen molar-refractivity contribution in [1.82, 2.24) is 5.48 Å². The molecule has 0 aliphatic heterocycles. The third kappa shape index (κ3) is 2.87. The van der Waals surface area contributed by atoms with Crippen molar-refractivity contribution in [3.63, 3.8) is 0 Å². The number of carbonyl (C=O) groups excluding carboxylic acids is 1. The Bertz CT molecular complexity index is 272. The number of rotatable bonds is 3. The van der Waals surface area contributed by atoms with Crippen LogP contribution >= 0.6 is 0 Å². The molecule has 0 saturated carbocycles. The molecule has 3 heteroatoms. The van der Waals surface area contributed by atoms with E-state index in [4.69, 9.17) is 5.21 Å². The Morgan fingerprint density at radius 2 is 2.08 bits per heavy atom. The Hall–Kier alpha value is -1.35. The average Bonchev–Trinajstić information content (AvgIpc) is 2.19. The van der Waals surface area contributed by atoms with Crippen LogP contribution in [0.5, 0.6) is 0 Å². The van der Waals surface area contributed by atoms with Crippen molar-refractivity contribution in [2.24, 2.45) is 0 Å². The Morgan fingerprint density at radius 1 is 1.46 bits per heavy atom. The molecule has 0 radical (unpaired) electrons. The first-order valence-corrected chi connectivity index (χ1v) is 4.22. The minimum Gasteiger partial charge on any atom is -0.289 e. The normalized spacial score (nSPS) is 12.2. The van der Waals surface area contributed by atoms with Crippen molar-refractivity contribution in [1.29, 1.82) is 0 Å². The molecule has 0 fully saturated rings. The van der Waals surface area contributed by atoms with E-state index >= 15 is 0 Å². The second kappa shape index (κ2) is 4.62. The fourth-order valence-corrected chi connectivity index (χ4v) is 1.22. The summed E-state index contributed by atoms with van der Waals surface area (Å²) in [4.78, 5) is 10.8. The van der Waals surface area contributed by atoms with Gasteiger partial charge in [-0.1, -0.05) is 37.3 Å². The lowest BCUT2D eigenvalue weighted by atomic mass is 9.98. The average molecular weight is 179 g/mol. The molecule has 1 aromatic rings. The third-order valence-corrected chi connectivity index (χ3v) is 1.98. The van der Waals surface area contributed by atoms with E-state index in [0.717, 1.165) is 5.56 Å². The zero-order valence-corrected chi connectivity index (χ0v) is 7.53. The smallest absolute Gasteiger partial charge is 0.243 e. The van der Waals surface area contributed by atoms with Gasteiger partial charge >= 0.3 is 0 Å². The fourth-order valence-electron chi connectivity index (χ4n) is 1.22. The Morgan fingerprint density at radius 3 is 2.62 bits per heavy atom. The third-order valence-electron chi connectivity index (χ3n) is 1.98. The van der Waals surface area contributed by atoms with Crippen LogP contribution in [0.4, 0.5) is 0 Å². The first-order valence-electron chi connectivity index (χ1n) is 4.22. The summed E-state index contributed by atoms with van der Waals surface area (Å²) in [7, 11) is 0. The van der Waals surface area contributed by atoms with Crippen molar-refractivity contribution in [2.45, 2.75) is 19.3 Å². The molecule has 13 heavy (non-hydrogen) atoms. The zero-order valence-electron chi connectivity index (χ0n) is 7.53. The van der Waals surface area contributed by atoms with Crippen LogP contribution in [0.25, 0.3) is 0 Å². The molecule has 0 aliphatic carbocycles. The highest BCUT2D eigenvalue weighted by atomic mass is 16.5. The van der Waals surface area contributed by atoms with E-state index in [1.54, 1.807) is 5.48 Å². The van der Waals surface area contributed by atoms with Gasteiger partial charge in [0.1, 0.15) is 0 Å². The van der Waals surface area contributed by atoms with Crippen molar-refractivity contribution in [3.05, 3.63) is 35.9 Å². The van der Waals surface area contributed by atoms with Crippen LogP contribution in [0.1, 0.15) is 24.8 Å². The first kappa shape index (κ1) is 9.74. The molecule has 1 aromatic carbocycles. The minimum absolute atomic E-state index is 0.133. The lowest BCUT2D eigenvalue weighted by molar-refractivity contribution is -0.129. The number of amides is 1. The lowest BCUT2D eigenvalue weighted by Crippen LogP contribution is -2.20. The van der Waals surface area contributed by atoms with Crippen molar-refractivity contribution in [3.8, 4) is 0 Å². The molecule has 3 nitrogen and oxygen atoms in total. The van der Waals surface area contributed by atoms with Gasteiger partial charge in [0.05, 0.1) is 0 Å². The SMILES string of the molecule is CC(CC(=O)NO)c1ccccc1.